The van der Waals surface area contributed by atoms with E-state index in [1.165, 1.54) is 5.56 Å². The van der Waals surface area contributed by atoms with Gasteiger partial charge in [0, 0.05) is 45.0 Å². The van der Waals surface area contributed by atoms with Crippen LogP contribution in [0.2, 0.25) is 0 Å². The van der Waals surface area contributed by atoms with Crippen molar-refractivity contribution in [1.82, 2.24) is 4.90 Å². The Balaban J connectivity index is 1.64. The van der Waals surface area contributed by atoms with Crippen LogP contribution in [0.1, 0.15) is 16.7 Å². The van der Waals surface area contributed by atoms with Crippen molar-refractivity contribution in [2.24, 2.45) is 0 Å². The van der Waals surface area contributed by atoms with Gasteiger partial charge in [-0.3, -0.25) is 9.69 Å². The molecule has 0 bridgehead atoms. The molecule has 0 aromatic heterocycles. The first-order valence-corrected chi connectivity index (χ1v) is 13.6. The number of carbonyl (C=O) groups is 1. The first-order chi connectivity index (χ1) is 18.5. The van der Waals surface area contributed by atoms with Crippen LogP contribution in [-0.2, 0) is 20.8 Å². The molecule has 1 fully saturated rings. The van der Waals surface area contributed by atoms with Gasteiger partial charge in [0.15, 0.2) is 19.4 Å². The maximum atomic E-state index is 13.6. The molecule has 3 aromatic carbocycles. The van der Waals surface area contributed by atoms with Crippen LogP contribution in [0, 0.1) is 0 Å². The minimum absolute atomic E-state index is 0.0426. The lowest BCUT2D eigenvalue weighted by Gasteiger charge is -2.30. The summed E-state index contributed by atoms with van der Waals surface area (Å²) in [4.78, 5) is 15.9. The number of likely N-dealkylation sites (tertiary alicyclic amines) is 1. The molecule has 1 aliphatic heterocycles. The van der Waals surface area contributed by atoms with E-state index >= 15 is 0 Å². The molecular weight excluding hydrogens is 614 g/mol. The number of piperidine rings is 1. The first-order valence-electron chi connectivity index (χ1n) is 12.0. The Morgan fingerprint density at radius 3 is 1.71 bits per heavy atom. The Kier molecular flexibility index (Phi) is 10.3. The molecule has 0 radical (unpaired) electrons. The SMILES string of the molecule is COCOc1ccc(/C=C2\CN(Cc3ccccc3)C/C(=C\c3ccc(OCOC)c(Br)c3)C2=O)cc1Br. The molecule has 8 heteroatoms. The molecule has 1 aliphatic rings. The fourth-order valence-corrected chi connectivity index (χ4v) is 5.18. The number of rotatable bonds is 10. The molecule has 0 unspecified atom stereocenters. The third-order valence-corrected chi connectivity index (χ3v) is 7.12. The molecule has 0 atom stereocenters. The average Bonchev–Trinajstić information content (AvgIpc) is 2.91. The van der Waals surface area contributed by atoms with Gasteiger partial charge in [-0.2, -0.15) is 0 Å². The zero-order valence-corrected chi connectivity index (χ0v) is 24.5. The van der Waals surface area contributed by atoms with Gasteiger partial charge in [0.1, 0.15) is 11.5 Å². The average molecular weight is 643 g/mol. The van der Waals surface area contributed by atoms with Gasteiger partial charge in [-0.1, -0.05) is 42.5 Å². The Labute approximate surface area is 240 Å². The molecule has 0 saturated carbocycles. The standard InChI is InChI=1S/C30H29Br2NO5/c1-35-19-37-28-10-8-22(14-26(28)31)12-24-17-33(16-21-6-4-3-5-7-21)18-25(30(24)34)13-23-9-11-29(27(32)15-23)38-20-36-2/h3-15H,16-20H2,1-2H3/b24-12+,25-13+. The quantitative estimate of drug-likeness (QED) is 0.181. The summed E-state index contributed by atoms with van der Waals surface area (Å²) >= 11 is 7.12. The van der Waals surface area contributed by atoms with Gasteiger partial charge in [0.05, 0.1) is 8.95 Å². The summed E-state index contributed by atoms with van der Waals surface area (Å²) in [5, 5.41) is 0. The van der Waals surface area contributed by atoms with Crippen LogP contribution in [0.3, 0.4) is 0 Å². The molecule has 3 aromatic rings. The second kappa shape index (κ2) is 13.9. The number of Topliss-reactive ketones (excluding diaryl/α,β-unsaturated/α-hetero) is 1. The Morgan fingerprint density at radius 2 is 1.26 bits per heavy atom. The van der Waals surface area contributed by atoms with Gasteiger partial charge in [0.2, 0.25) is 0 Å². The van der Waals surface area contributed by atoms with E-state index in [9.17, 15) is 4.79 Å². The van der Waals surface area contributed by atoms with Crippen molar-refractivity contribution in [1.29, 1.82) is 0 Å². The maximum Gasteiger partial charge on any atom is 0.188 e. The molecule has 38 heavy (non-hydrogen) atoms. The summed E-state index contributed by atoms with van der Waals surface area (Å²) in [5.41, 5.74) is 4.48. The third-order valence-electron chi connectivity index (χ3n) is 5.88. The van der Waals surface area contributed by atoms with E-state index in [0.717, 1.165) is 37.8 Å². The van der Waals surface area contributed by atoms with Crippen molar-refractivity contribution in [2.75, 3.05) is 40.9 Å². The largest absolute Gasteiger partial charge is 0.466 e. The molecule has 0 amide bonds. The van der Waals surface area contributed by atoms with Crippen LogP contribution >= 0.6 is 31.9 Å². The van der Waals surface area contributed by atoms with Crippen molar-refractivity contribution in [3.05, 3.63) is 104 Å². The highest BCUT2D eigenvalue weighted by Crippen LogP contribution is 2.30. The molecule has 1 heterocycles. The van der Waals surface area contributed by atoms with E-state index in [-0.39, 0.29) is 19.4 Å². The van der Waals surface area contributed by atoms with E-state index in [0.29, 0.717) is 24.6 Å². The van der Waals surface area contributed by atoms with E-state index in [4.69, 9.17) is 18.9 Å². The number of ether oxygens (including phenoxy) is 4. The van der Waals surface area contributed by atoms with E-state index < -0.39 is 0 Å². The van der Waals surface area contributed by atoms with Crippen LogP contribution in [0.25, 0.3) is 12.2 Å². The van der Waals surface area contributed by atoms with Gasteiger partial charge < -0.3 is 18.9 Å². The Bertz CT molecular complexity index is 1240. The summed E-state index contributed by atoms with van der Waals surface area (Å²) in [7, 11) is 3.16. The third kappa shape index (κ3) is 7.65. The number of halogens is 2. The predicted octanol–water partition coefficient (Wildman–Crippen LogP) is 6.73. The smallest absolute Gasteiger partial charge is 0.188 e. The summed E-state index contributed by atoms with van der Waals surface area (Å²) in [5.74, 6) is 1.40. The lowest BCUT2D eigenvalue weighted by Crippen LogP contribution is -2.37. The predicted molar refractivity (Wildman–Crippen MR) is 156 cm³/mol. The topological polar surface area (TPSA) is 57.2 Å². The molecule has 4 rings (SSSR count). The van der Waals surface area contributed by atoms with E-state index in [1.807, 2.05) is 66.7 Å². The second-order valence-corrected chi connectivity index (χ2v) is 10.5. The first kappa shape index (κ1) is 28.3. The van der Waals surface area contributed by atoms with Crippen molar-refractivity contribution < 1.29 is 23.7 Å². The summed E-state index contributed by atoms with van der Waals surface area (Å²) in [6.07, 6.45) is 3.91. The van der Waals surface area contributed by atoms with Gasteiger partial charge in [0.25, 0.3) is 0 Å². The second-order valence-electron chi connectivity index (χ2n) is 8.78. The molecule has 0 N–H and O–H groups in total. The van der Waals surface area contributed by atoms with Crippen LogP contribution in [-0.4, -0.2) is 51.6 Å². The van der Waals surface area contributed by atoms with E-state index in [2.05, 4.69) is 48.9 Å². The maximum absolute atomic E-state index is 13.6. The van der Waals surface area contributed by atoms with Crippen LogP contribution in [0.5, 0.6) is 11.5 Å². The number of carbonyl (C=O) groups excluding carboxylic acids is 1. The number of ketones is 1. The number of methoxy groups -OCH3 is 2. The monoisotopic (exact) mass is 641 g/mol. The molecule has 0 aliphatic carbocycles. The number of hydrogen-bond donors (Lipinski definition) is 0. The molecule has 0 spiro atoms. The summed E-state index contributed by atoms with van der Waals surface area (Å²) in [6, 6.07) is 21.8. The van der Waals surface area contributed by atoms with Gasteiger partial charge in [-0.15, -0.1) is 0 Å². The van der Waals surface area contributed by atoms with Crippen molar-refractivity contribution in [3.8, 4) is 11.5 Å². The number of nitrogens with zero attached hydrogens (tertiary/aromatic N) is 1. The van der Waals surface area contributed by atoms with Crippen molar-refractivity contribution >= 4 is 49.8 Å². The van der Waals surface area contributed by atoms with Crippen molar-refractivity contribution in [2.45, 2.75) is 6.54 Å². The van der Waals surface area contributed by atoms with Crippen LogP contribution in [0.4, 0.5) is 0 Å². The number of hydrogen-bond acceptors (Lipinski definition) is 6. The number of benzene rings is 3. The molecule has 6 nitrogen and oxygen atoms in total. The van der Waals surface area contributed by atoms with Gasteiger partial charge in [-0.25, -0.2) is 0 Å². The van der Waals surface area contributed by atoms with Crippen LogP contribution in [0.15, 0.2) is 86.8 Å². The Hall–Kier alpha value is -2.75. The highest BCUT2D eigenvalue weighted by Gasteiger charge is 2.26. The molecule has 1 saturated heterocycles. The normalized spacial score (nSPS) is 16.3. The molecule has 198 valence electrons. The summed E-state index contributed by atoms with van der Waals surface area (Å²) < 4.78 is 22.7. The zero-order valence-electron chi connectivity index (χ0n) is 21.3. The minimum Gasteiger partial charge on any atom is -0.466 e. The fraction of sp³-hybridized carbons (Fsp3) is 0.233. The lowest BCUT2D eigenvalue weighted by molar-refractivity contribution is -0.113. The fourth-order valence-electron chi connectivity index (χ4n) is 4.16. The molecular formula is C30H29Br2NO5. The summed E-state index contributed by atoms with van der Waals surface area (Å²) in [6.45, 7) is 2.17. The van der Waals surface area contributed by atoms with Crippen LogP contribution < -0.4 is 9.47 Å². The minimum atomic E-state index is 0.0426. The highest BCUT2D eigenvalue weighted by molar-refractivity contribution is 9.10. The van der Waals surface area contributed by atoms with E-state index in [1.54, 1.807) is 14.2 Å². The Morgan fingerprint density at radius 1 is 0.763 bits per heavy atom. The van der Waals surface area contributed by atoms with Gasteiger partial charge >= 0.3 is 0 Å². The zero-order chi connectivity index (χ0) is 26.9. The van der Waals surface area contributed by atoms with Gasteiger partial charge in [-0.05, 0) is 85.0 Å². The van der Waals surface area contributed by atoms with Crippen molar-refractivity contribution in [3.63, 3.8) is 0 Å². The lowest BCUT2D eigenvalue weighted by atomic mass is 9.94. The highest BCUT2D eigenvalue weighted by atomic mass is 79.9.